The number of ketones is 1. The van der Waals surface area contributed by atoms with E-state index in [4.69, 9.17) is 0 Å². The summed E-state index contributed by atoms with van der Waals surface area (Å²) in [4.78, 5) is 11.3. The summed E-state index contributed by atoms with van der Waals surface area (Å²) < 4.78 is 14.4. The number of benzene rings is 1. The van der Waals surface area contributed by atoms with E-state index in [2.05, 4.69) is 4.52 Å². The number of carbonyl (C=O) groups excluding carboxylic acids is 1. The molecule has 0 aliphatic carbocycles. The fourth-order valence-corrected chi connectivity index (χ4v) is 1.11. The van der Waals surface area contributed by atoms with Gasteiger partial charge in [0.2, 0.25) is 0 Å². The summed E-state index contributed by atoms with van der Waals surface area (Å²) in [6.45, 7) is 0.193. The summed E-state index contributed by atoms with van der Waals surface area (Å²) in [5, 5.41) is 0. The zero-order chi connectivity index (χ0) is 9.52. The monoisotopic (exact) mass is 196 g/mol. The van der Waals surface area contributed by atoms with Crippen LogP contribution >= 0.6 is 8.69 Å². The molecular formula is C9H9O3P. The third-order valence-corrected chi connectivity index (χ3v) is 1.86. The van der Waals surface area contributed by atoms with E-state index in [-0.39, 0.29) is 27.5 Å². The van der Waals surface area contributed by atoms with Gasteiger partial charge < -0.3 is 0 Å². The molecule has 0 bridgehead atoms. The highest BCUT2D eigenvalue weighted by atomic mass is 31.1. The summed E-state index contributed by atoms with van der Waals surface area (Å²) in [5.41, 5.74) is 0.661. The van der Waals surface area contributed by atoms with Crippen molar-refractivity contribution in [3.05, 3.63) is 35.9 Å². The minimum Gasteiger partial charge on any atom is -0.294 e. The number of Topliss-reactive ketones (excluding diaryl/α,β-unsaturated/α-hetero) is 1. The lowest BCUT2D eigenvalue weighted by Gasteiger charge is -1.97. The van der Waals surface area contributed by atoms with Crippen molar-refractivity contribution in [2.75, 3.05) is 6.61 Å². The molecule has 4 heteroatoms. The van der Waals surface area contributed by atoms with Crippen molar-refractivity contribution in [2.45, 2.75) is 6.42 Å². The van der Waals surface area contributed by atoms with Crippen LogP contribution in [-0.2, 0) is 9.09 Å². The first-order valence-corrected chi connectivity index (χ1v) is 4.60. The van der Waals surface area contributed by atoms with Crippen LogP contribution in [0.15, 0.2) is 30.3 Å². The molecule has 0 unspecified atom stereocenters. The van der Waals surface area contributed by atoms with Crippen molar-refractivity contribution in [1.82, 2.24) is 0 Å². The predicted molar refractivity (Wildman–Crippen MR) is 48.9 cm³/mol. The first-order valence-electron chi connectivity index (χ1n) is 3.87. The Hall–Kier alpha value is -1.05. The molecule has 0 amide bonds. The maximum atomic E-state index is 11.3. The van der Waals surface area contributed by atoms with Crippen molar-refractivity contribution in [3.63, 3.8) is 0 Å². The summed E-state index contributed by atoms with van der Waals surface area (Å²) in [5.74, 6) is 0.00394. The minimum absolute atomic E-state index is 0.00394. The van der Waals surface area contributed by atoms with Crippen LogP contribution in [0.4, 0.5) is 0 Å². The first kappa shape index (κ1) is 10.0. The Kier molecular flexibility index (Phi) is 4.30. The maximum Gasteiger partial charge on any atom is 0.327 e. The number of hydrogen-bond donors (Lipinski definition) is 0. The van der Waals surface area contributed by atoms with Gasteiger partial charge in [-0.2, -0.15) is 0 Å². The first-order chi connectivity index (χ1) is 6.34. The molecule has 1 rings (SSSR count). The van der Waals surface area contributed by atoms with Gasteiger partial charge in [-0.15, -0.1) is 0 Å². The second kappa shape index (κ2) is 5.57. The molecule has 68 valence electrons. The van der Waals surface area contributed by atoms with E-state index in [1.54, 1.807) is 24.3 Å². The normalized spacial score (nSPS) is 10.2. The van der Waals surface area contributed by atoms with E-state index in [0.717, 1.165) is 0 Å². The summed E-state index contributed by atoms with van der Waals surface area (Å²) in [6.07, 6.45) is 0.263. The van der Waals surface area contributed by atoms with Gasteiger partial charge in [0.25, 0.3) is 0 Å². The average Bonchev–Trinajstić information content (AvgIpc) is 2.19. The molecule has 0 aromatic heterocycles. The molecule has 0 saturated heterocycles. The Morgan fingerprint density at radius 2 is 2.00 bits per heavy atom. The summed E-state index contributed by atoms with van der Waals surface area (Å²) in [6, 6.07) is 8.96. The van der Waals surface area contributed by atoms with Crippen LogP contribution in [0, 0.1) is 0 Å². The van der Waals surface area contributed by atoms with Gasteiger partial charge in [0.05, 0.1) is 6.61 Å². The van der Waals surface area contributed by atoms with Crippen LogP contribution in [0.1, 0.15) is 16.8 Å². The molecule has 1 aromatic rings. The van der Waals surface area contributed by atoms with Gasteiger partial charge in [-0.25, -0.2) is 4.57 Å². The molecule has 13 heavy (non-hydrogen) atoms. The number of hydrogen-bond acceptors (Lipinski definition) is 3. The van der Waals surface area contributed by atoms with Crippen LogP contribution in [-0.4, -0.2) is 12.4 Å². The summed E-state index contributed by atoms with van der Waals surface area (Å²) >= 11 is 0. The molecule has 3 nitrogen and oxygen atoms in total. The van der Waals surface area contributed by atoms with Crippen LogP contribution in [0.2, 0.25) is 0 Å². The minimum atomic E-state index is -0.375. The van der Waals surface area contributed by atoms with Crippen LogP contribution in [0.3, 0.4) is 0 Å². The smallest absolute Gasteiger partial charge is 0.294 e. The standard InChI is InChI=1S/C9H9O3P/c10-9(6-7-12-13-11)8-4-2-1-3-5-8/h1-5H,6-7H2. The fourth-order valence-electron chi connectivity index (χ4n) is 0.944. The van der Waals surface area contributed by atoms with Crippen molar-refractivity contribution in [2.24, 2.45) is 0 Å². The van der Waals surface area contributed by atoms with Crippen LogP contribution in [0.25, 0.3) is 0 Å². The second-order valence-electron chi connectivity index (χ2n) is 2.45. The second-order valence-corrected chi connectivity index (χ2v) is 2.85. The fraction of sp³-hybridized carbons (Fsp3) is 0.222. The highest BCUT2D eigenvalue weighted by molar-refractivity contribution is 7.17. The van der Waals surface area contributed by atoms with Crippen molar-refractivity contribution in [3.8, 4) is 0 Å². The Bertz CT molecular complexity index is 284. The molecule has 0 heterocycles. The molecule has 0 atom stereocenters. The molecule has 0 aliphatic rings. The zero-order valence-electron chi connectivity index (χ0n) is 6.97. The van der Waals surface area contributed by atoms with Gasteiger partial charge >= 0.3 is 8.69 Å². The summed E-state index contributed by atoms with van der Waals surface area (Å²) in [7, 11) is -0.375. The van der Waals surface area contributed by atoms with Crippen LogP contribution in [0.5, 0.6) is 0 Å². The van der Waals surface area contributed by atoms with Gasteiger partial charge in [0.1, 0.15) is 0 Å². The largest absolute Gasteiger partial charge is 0.327 e. The molecule has 0 fully saturated rings. The molecule has 1 aromatic carbocycles. The molecule has 0 spiro atoms. The van der Waals surface area contributed by atoms with Crippen molar-refractivity contribution < 1.29 is 13.9 Å². The average molecular weight is 196 g/mol. The van der Waals surface area contributed by atoms with Gasteiger partial charge in [-0.3, -0.25) is 9.32 Å². The predicted octanol–water partition coefficient (Wildman–Crippen LogP) is 2.48. The third-order valence-electron chi connectivity index (χ3n) is 1.57. The molecule has 0 saturated carbocycles. The Morgan fingerprint density at radius 3 is 2.62 bits per heavy atom. The zero-order valence-corrected chi connectivity index (χ0v) is 7.87. The van der Waals surface area contributed by atoms with Gasteiger partial charge in [0, 0.05) is 12.0 Å². The topological polar surface area (TPSA) is 43.4 Å². The van der Waals surface area contributed by atoms with E-state index in [1.165, 1.54) is 0 Å². The number of rotatable bonds is 5. The Balaban J connectivity index is 2.45. The molecular weight excluding hydrogens is 187 g/mol. The van der Waals surface area contributed by atoms with Crippen molar-refractivity contribution in [1.29, 1.82) is 0 Å². The third kappa shape index (κ3) is 3.45. The lowest BCUT2D eigenvalue weighted by atomic mass is 10.1. The van der Waals surface area contributed by atoms with E-state index in [1.807, 2.05) is 6.07 Å². The Labute approximate surface area is 78.0 Å². The van der Waals surface area contributed by atoms with E-state index < -0.39 is 0 Å². The SMILES string of the molecule is O=POCCC(=O)c1ccccc1. The van der Waals surface area contributed by atoms with Gasteiger partial charge in [-0.1, -0.05) is 30.3 Å². The maximum absolute atomic E-state index is 11.3. The highest BCUT2D eigenvalue weighted by Crippen LogP contribution is 2.04. The number of carbonyl (C=O) groups is 1. The molecule has 0 aliphatic heterocycles. The lowest BCUT2D eigenvalue weighted by Crippen LogP contribution is -2.01. The van der Waals surface area contributed by atoms with E-state index >= 15 is 0 Å². The molecule has 0 radical (unpaired) electrons. The van der Waals surface area contributed by atoms with Gasteiger partial charge in [0.15, 0.2) is 5.78 Å². The highest BCUT2D eigenvalue weighted by Gasteiger charge is 2.03. The quantitative estimate of drug-likeness (QED) is 0.412. The van der Waals surface area contributed by atoms with E-state index in [0.29, 0.717) is 5.56 Å². The Morgan fingerprint density at radius 1 is 1.31 bits per heavy atom. The van der Waals surface area contributed by atoms with Gasteiger partial charge in [-0.05, 0) is 0 Å². The molecule has 0 N–H and O–H groups in total. The van der Waals surface area contributed by atoms with E-state index in [9.17, 15) is 9.36 Å². The van der Waals surface area contributed by atoms with Crippen LogP contribution < -0.4 is 0 Å². The van der Waals surface area contributed by atoms with Crippen molar-refractivity contribution >= 4 is 14.5 Å². The lowest BCUT2D eigenvalue weighted by molar-refractivity contribution is 0.0965.